The van der Waals surface area contributed by atoms with Gasteiger partial charge in [-0.15, -0.1) is 0 Å². The molecule has 0 saturated carbocycles. The molecular weight excluding hydrogens is 408 g/mol. The zero-order chi connectivity index (χ0) is 22.1. The standard InChI is InChI=1S/C21H26N2O6S/c1-4-5-14-28-21(25)16-6-8-17(9-7-16)23-30(26,27)19-12-10-18(11-13-19)29-15(2)20(24)22-3/h6-13,15,23H,4-5,14H2,1-3H3,(H,22,24)/t15-/m1/s1. The highest BCUT2D eigenvalue weighted by atomic mass is 32.2. The highest BCUT2D eigenvalue weighted by Crippen LogP contribution is 2.20. The Morgan fingerprint density at radius 1 is 1.03 bits per heavy atom. The van der Waals surface area contributed by atoms with Gasteiger partial charge in [-0.2, -0.15) is 0 Å². The number of hydrogen-bond donors (Lipinski definition) is 2. The minimum Gasteiger partial charge on any atom is -0.481 e. The summed E-state index contributed by atoms with van der Waals surface area (Å²) in [5, 5.41) is 2.47. The van der Waals surface area contributed by atoms with Gasteiger partial charge < -0.3 is 14.8 Å². The van der Waals surface area contributed by atoms with Gasteiger partial charge >= 0.3 is 5.97 Å². The van der Waals surface area contributed by atoms with Gasteiger partial charge in [0.1, 0.15) is 5.75 Å². The van der Waals surface area contributed by atoms with Gasteiger partial charge in [0.05, 0.1) is 17.1 Å². The van der Waals surface area contributed by atoms with Crippen molar-refractivity contribution in [3.05, 3.63) is 54.1 Å². The average molecular weight is 435 g/mol. The zero-order valence-corrected chi connectivity index (χ0v) is 18.0. The third-order valence-electron chi connectivity index (χ3n) is 4.17. The Hall–Kier alpha value is -3.07. The van der Waals surface area contributed by atoms with Gasteiger partial charge in [-0.05, 0) is 61.9 Å². The maximum Gasteiger partial charge on any atom is 0.338 e. The van der Waals surface area contributed by atoms with E-state index >= 15 is 0 Å². The molecule has 0 saturated heterocycles. The third-order valence-corrected chi connectivity index (χ3v) is 5.56. The van der Waals surface area contributed by atoms with Crippen molar-refractivity contribution in [2.24, 2.45) is 0 Å². The van der Waals surface area contributed by atoms with Crippen LogP contribution in [0.4, 0.5) is 5.69 Å². The molecule has 8 nitrogen and oxygen atoms in total. The fourth-order valence-corrected chi connectivity index (χ4v) is 3.50. The summed E-state index contributed by atoms with van der Waals surface area (Å²) in [7, 11) is -2.33. The van der Waals surface area contributed by atoms with E-state index in [1.165, 1.54) is 55.6 Å². The lowest BCUT2D eigenvalue weighted by Gasteiger charge is -2.14. The van der Waals surface area contributed by atoms with Crippen molar-refractivity contribution in [1.82, 2.24) is 5.32 Å². The Bertz CT molecular complexity index is 956. The summed E-state index contributed by atoms with van der Waals surface area (Å²) < 4.78 is 38.2. The van der Waals surface area contributed by atoms with Crippen molar-refractivity contribution >= 4 is 27.6 Å². The summed E-state index contributed by atoms with van der Waals surface area (Å²) >= 11 is 0. The van der Waals surface area contributed by atoms with E-state index in [0.717, 1.165) is 12.8 Å². The molecule has 0 heterocycles. The Balaban J connectivity index is 2.02. The monoisotopic (exact) mass is 434 g/mol. The number of benzene rings is 2. The molecule has 0 aliphatic carbocycles. The lowest BCUT2D eigenvalue weighted by atomic mass is 10.2. The molecule has 1 amide bonds. The van der Waals surface area contributed by atoms with Crippen molar-refractivity contribution in [2.75, 3.05) is 18.4 Å². The Kier molecular flexibility index (Phi) is 8.23. The Labute approximate surface area is 176 Å². The van der Waals surface area contributed by atoms with Gasteiger partial charge in [-0.3, -0.25) is 9.52 Å². The largest absolute Gasteiger partial charge is 0.481 e. The minimum atomic E-state index is -3.83. The smallest absolute Gasteiger partial charge is 0.338 e. The first-order chi connectivity index (χ1) is 14.3. The first kappa shape index (κ1) is 23.2. The van der Waals surface area contributed by atoms with Crippen LogP contribution in [0.2, 0.25) is 0 Å². The number of nitrogens with one attached hydrogen (secondary N) is 2. The Morgan fingerprint density at radius 3 is 2.23 bits per heavy atom. The van der Waals surface area contributed by atoms with E-state index in [0.29, 0.717) is 23.6 Å². The fraction of sp³-hybridized carbons (Fsp3) is 0.333. The molecule has 0 aliphatic heterocycles. The topological polar surface area (TPSA) is 111 Å². The number of ether oxygens (including phenoxy) is 2. The molecule has 2 aromatic carbocycles. The predicted molar refractivity (Wildman–Crippen MR) is 113 cm³/mol. The van der Waals surface area contributed by atoms with Crippen LogP contribution in [-0.2, 0) is 19.6 Å². The van der Waals surface area contributed by atoms with E-state index in [1.807, 2.05) is 6.92 Å². The first-order valence-electron chi connectivity index (χ1n) is 9.55. The third kappa shape index (κ3) is 6.48. The second-order valence-electron chi connectivity index (χ2n) is 6.52. The van der Waals surface area contributed by atoms with Crippen LogP contribution in [0.15, 0.2) is 53.4 Å². The number of rotatable bonds is 10. The molecule has 0 fully saturated rings. The van der Waals surface area contributed by atoms with Crippen molar-refractivity contribution < 1.29 is 27.5 Å². The molecule has 30 heavy (non-hydrogen) atoms. The summed E-state index contributed by atoms with van der Waals surface area (Å²) in [4.78, 5) is 23.4. The van der Waals surface area contributed by atoms with Crippen LogP contribution in [0, 0.1) is 0 Å². The van der Waals surface area contributed by atoms with E-state index in [4.69, 9.17) is 9.47 Å². The molecule has 0 unspecified atom stereocenters. The molecule has 2 aromatic rings. The summed E-state index contributed by atoms with van der Waals surface area (Å²) in [6.45, 7) is 3.94. The number of carbonyl (C=O) groups is 2. The van der Waals surface area contributed by atoms with E-state index in [9.17, 15) is 18.0 Å². The van der Waals surface area contributed by atoms with Gasteiger partial charge in [-0.25, -0.2) is 13.2 Å². The molecule has 9 heteroatoms. The lowest BCUT2D eigenvalue weighted by molar-refractivity contribution is -0.126. The number of likely N-dealkylation sites (N-methyl/N-ethyl adjacent to an activating group) is 1. The summed E-state index contributed by atoms with van der Waals surface area (Å²) in [5.41, 5.74) is 0.662. The summed E-state index contributed by atoms with van der Waals surface area (Å²) in [5.74, 6) is -0.360. The zero-order valence-electron chi connectivity index (χ0n) is 17.2. The number of anilines is 1. The van der Waals surface area contributed by atoms with Gasteiger partial charge in [0.15, 0.2) is 6.10 Å². The van der Waals surface area contributed by atoms with E-state index in [1.54, 1.807) is 6.92 Å². The maximum absolute atomic E-state index is 12.6. The van der Waals surface area contributed by atoms with Gasteiger partial charge in [0.25, 0.3) is 15.9 Å². The average Bonchev–Trinajstić information content (AvgIpc) is 2.73. The number of amides is 1. The molecule has 2 N–H and O–H groups in total. The van der Waals surface area contributed by atoms with E-state index in [-0.39, 0.29) is 10.8 Å². The number of esters is 1. The molecule has 0 bridgehead atoms. The van der Waals surface area contributed by atoms with Crippen molar-refractivity contribution in [2.45, 2.75) is 37.7 Å². The molecular formula is C21H26N2O6S. The molecule has 0 aliphatic rings. The molecule has 1 atom stereocenters. The molecule has 162 valence electrons. The van der Waals surface area contributed by atoms with Crippen molar-refractivity contribution in [3.63, 3.8) is 0 Å². The quantitative estimate of drug-likeness (QED) is 0.439. The number of sulfonamides is 1. The molecule has 0 spiro atoms. The van der Waals surface area contributed by atoms with Crippen LogP contribution in [0.25, 0.3) is 0 Å². The van der Waals surface area contributed by atoms with Crippen LogP contribution in [-0.4, -0.2) is 40.1 Å². The van der Waals surface area contributed by atoms with Gasteiger partial charge in [0.2, 0.25) is 0 Å². The van der Waals surface area contributed by atoms with Gasteiger partial charge in [-0.1, -0.05) is 13.3 Å². The Morgan fingerprint density at radius 2 is 1.67 bits per heavy atom. The highest BCUT2D eigenvalue weighted by Gasteiger charge is 2.17. The van der Waals surface area contributed by atoms with Crippen molar-refractivity contribution in [1.29, 1.82) is 0 Å². The predicted octanol–water partition coefficient (Wildman–Crippen LogP) is 2.96. The highest BCUT2D eigenvalue weighted by molar-refractivity contribution is 7.92. The number of hydrogen-bond acceptors (Lipinski definition) is 6. The van der Waals surface area contributed by atoms with E-state index < -0.39 is 22.1 Å². The second kappa shape index (κ2) is 10.6. The molecule has 0 radical (unpaired) electrons. The molecule has 0 aromatic heterocycles. The van der Waals surface area contributed by atoms with Crippen LogP contribution < -0.4 is 14.8 Å². The summed E-state index contributed by atoms with van der Waals surface area (Å²) in [6, 6.07) is 11.7. The van der Waals surface area contributed by atoms with Gasteiger partial charge in [0, 0.05) is 12.7 Å². The van der Waals surface area contributed by atoms with Crippen LogP contribution in [0.5, 0.6) is 5.75 Å². The number of unbranched alkanes of at least 4 members (excludes halogenated alkanes) is 1. The van der Waals surface area contributed by atoms with E-state index in [2.05, 4.69) is 10.0 Å². The minimum absolute atomic E-state index is 0.0329. The number of carbonyl (C=O) groups excluding carboxylic acids is 2. The van der Waals surface area contributed by atoms with Crippen LogP contribution in [0.3, 0.4) is 0 Å². The summed E-state index contributed by atoms with van der Waals surface area (Å²) in [6.07, 6.45) is 1.01. The fourth-order valence-electron chi connectivity index (χ4n) is 2.44. The molecule has 2 rings (SSSR count). The SMILES string of the molecule is CCCCOC(=O)c1ccc(NS(=O)(=O)c2ccc(O[C@H](C)C(=O)NC)cc2)cc1. The maximum atomic E-state index is 12.6. The normalized spacial score (nSPS) is 12.0. The second-order valence-corrected chi connectivity index (χ2v) is 8.20. The first-order valence-corrected chi connectivity index (χ1v) is 11.0. The van der Waals surface area contributed by atoms with Crippen LogP contribution >= 0.6 is 0 Å². The lowest BCUT2D eigenvalue weighted by Crippen LogP contribution is -2.33. The van der Waals surface area contributed by atoms with Crippen LogP contribution in [0.1, 0.15) is 37.0 Å². The van der Waals surface area contributed by atoms with Crippen molar-refractivity contribution in [3.8, 4) is 5.75 Å².